The van der Waals surface area contributed by atoms with Crippen LogP contribution in [0.3, 0.4) is 0 Å². The molecule has 5 rings (SSSR count). The maximum absolute atomic E-state index is 12.2. The third-order valence-electron chi connectivity index (χ3n) is 5.54. The first-order chi connectivity index (χ1) is 15.2. The van der Waals surface area contributed by atoms with Gasteiger partial charge in [0.05, 0.1) is 22.0 Å². The number of amides is 1. The van der Waals surface area contributed by atoms with Crippen molar-refractivity contribution in [3.8, 4) is 21.8 Å². The van der Waals surface area contributed by atoms with Crippen molar-refractivity contribution in [2.24, 2.45) is 0 Å². The molecule has 1 aliphatic rings. The summed E-state index contributed by atoms with van der Waals surface area (Å²) in [7, 11) is 0. The normalized spacial score (nSPS) is 16.5. The van der Waals surface area contributed by atoms with E-state index in [1.807, 2.05) is 27.8 Å². The van der Waals surface area contributed by atoms with Crippen molar-refractivity contribution >= 4 is 34.1 Å². The van der Waals surface area contributed by atoms with Crippen LogP contribution in [0.5, 0.6) is 0 Å². The lowest BCUT2D eigenvalue weighted by atomic mass is 10.1. The van der Waals surface area contributed by atoms with Crippen LogP contribution in [0.1, 0.15) is 18.9 Å². The zero-order valence-corrected chi connectivity index (χ0v) is 17.6. The van der Waals surface area contributed by atoms with Crippen molar-refractivity contribution in [2.75, 3.05) is 18.8 Å². The molecule has 1 unspecified atom stereocenters. The van der Waals surface area contributed by atoms with E-state index in [9.17, 15) is 4.79 Å². The SMILES string of the molecule is C=CC(=O)N1CCCC(n2nc(-c3cc(-c4ccccn4)cs3)c3c(N)ncnc32)C1. The first-order valence-corrected chi connectivity index (χ1v) is 10.9. The van der Waals surface area contributed by atoms with E-state index in [-0.39, 0.29) is 11.9 Å². The van der Waals surface area contributed by atoms with E-state index < -0.39 is 0 Å². The molecule has 0 radical (unpaired) electrons. The van der Waals surface area contributed by atoms with E-state index in [1.165, 1.54) is 12.4 Å². The zero-order valence-electron chi connectivity index (χ0n) is 16.8. The molecule has 156 valence electrons. The number of aromatic nitrogens is 5. The predicted octanol–water partition coefficient (Wildman–Crippen LogP) is 3.55. The number of hydrogen-bond acceptors (Lipinski definition) is 7. The van der Waals surface area contributed by atoms with Gasteiger partial charge >= 0.3 is 0 Å². The maximum atomic E-state index is 12.2. The summed E-state index contributed by atoms with van der Waals surface area (Å²) in [5.41, 5.74) is 9.64. The summed E-state index contributed by atoms with van der Waals surface area (Å²) in [4.78, 5) is 28.1. The summed E-state index contributed by atoms with van der Waals surface area (Å²) in [5.74, 6) is 0.336. The Bertz CT molecular complexity index is 1260. The Balaban J connectivity index is 1.58. The van der Waals surface area contributed by atoms with Gasteiger partial charge in [0, 0.05) is 30.2 Å². The Morgan fingerprint density at radius 2 is 2.19 bits per heavy atom. The lowest BCUT2D eigenvalue weighted by Crippen LogP contribution is -2.40. The Kier molecular flexibility index (Phi) is 4.95. The second-order valence-electron chi connectivity index (χ2n) is 7.45. The molecule has 31 heavy (non-hydrogen) atoms. The van der Waals surface area contributed by atoms with E-state index in [2.05, 4.69) is 33.0 Å². The summed E-state index contributed by atoms with van der Waals surface area (Å²) in [6.45, 7) is 4.90. The molecule has 0 spiro atoms. The lowest BCUT2D eigenvalue weighted by molar-refractivity contribution is -0.127. The number of fused-ring (bicyclic) bond motifs is 1. The van der Waals surface area contributed by atoms with Crippen LogP contribution in [-0.4, -0.2) is 48.6 Å². The smallest absolute Gasteiger partial charge is 0.246 e. The van der Waals surface area contributed by atoms with Crippen molar-refractivity contribution < 1.29 is 4.79 Å². The minimum absolute atomic E-state index is 0.0124. The van der Waals surface area contributed by atoms with Crippen LogP contribution < -0.4 is 5.73 Å². The fraction of sp³-hybridized carbons (Fsp3) is 0.227. The van der Waals surface area contributed by atoms with Gasteiger partial charge in [-0.2, -0.15) is 5.10 Å². The van der Waals surface area contributed by atoms with Gasteiger partial charge in [0.2, 0.25) is 5.91 Å². The highest BCUT2D eigenvalue weighted by Gasteiger charge is 2.28. The average molecular weight is 432 g/mol. The summed E-state index contributed by atoms with van der Waals surface area (Å²) >= 11 is 1.59. The Morgan fingerprint density at radius 1 is 1.29 bits per heavy atom. The number of anilines is 1. The molecule has 1 atom stereocenters. The lowest BCUT2D eigenvalue weighted by Gasteiger charge is -2.32. The molecule has 1 aliphatic heterocycles. The molecule has 1 saturated heterocycles. The minimum atomic E-state index is -0.0613. The largest absolute Gasteiger partial charge is 0.383 e. The number of rotatable bonds is 4. The number of nitrogens with zero attached hydrogens (tertiary/aromatic N) is 6. The Labute approximate surface area is 183 Å². The molecule has 0 aliphatic carbocycles. The molecule has 2 N–H and O–H groups in total. The van der Waals surface area contributed by atoms with Crippen LogP contribution in [0.2, 0.25) is 0 Å². The highest BCUT2D eigenvalue weighted by Crippen LogP contribution is 2.38. The van der Waals surface area contributed by atoms with Crippen LogP contribution in [-0.2, 0) is 4.79 Å². The molecular weight excluding hydrogens is 410 g/mol. The number of pyridine rings is 1. The highest BCUT2D eigenvalue weighted by atomic mass is 32.1. The maximum Gasteiger partial charge on any atom is 0.246 e. The summed E-state index contributed by atoms with van der Waals surface area (Å²) < 4.78 is 1.91. The number of likely N-dealkylation sites (tertiary alicyclic amines) is 1. The van der Waals surface area contributed by atoms with Crippen molar-refractivity contribution in [2.45, 2.75) is 18.9 Å². The molecule has 0 aromatic carbocycles. The third-order valence-corrected chi connectivity index (χ3v) is 6.48. The molecule has 9 heteroatoms. The molecular formula is C22H21N7OS. The minimum Gasteiger partial charge on any atom is -0.383 e. The van der Waals surface area contributed by atoms with Crippen molar-refractivity contribution in [1.29, 1.82) is 0 Å². The van der Waals surface area contributed by atoms with E-state index >= 15 is 0 Å². The standard InChI is InChI=1S/C22H21N7OS/c1-2-18(30)28-9-5-6-15(11-28)29-22-19(21(23)25-13-26-22)20(27-29)17-10-14(12-31-17)16-7-3-4-8-24-16/h2-4,7-8,10,12-13,15H,1,5-6,9,11H2,(H2,23,25,26). The monoisotopic (exact) mass is 431 g/mol. The molecule has 4 aromatic heterocycles. The van der Waals surface area contributed by atoms with E-state index in [4.69, 9.17) is 10.8 Å². The fourth-order valence-corrected chi connectivity index (χ4v) is 4.93. The average Bonchev–Trinajstić information content (AvgIpc) is 3.45. The second-order valence-corrected chi connectivity index (χ2v) is 8.36. The summed E-state index contributed by atoms with van der Waals surface area (Å²) in [6, 6.07) is 7.93. The van der Waals surface area contributed by atoms with Crippen LogP contribution in [0.15, 0.2) is 54.8 Å². The molecule has 5 heterocycles. The summed E-state index contributed by atoms with van der Waals surface area (Å²) in [6.07, 6.45) is 6.40. The van der Waals surface area contributed by atoms with E-state index in [0.717, 1.165) is 46.6 Å². The van der Waals surface area contributed by atoms with Gasteiger partial charge in [-0.1, -0.05) is 12.6 Å². The van der Waals surface area contributed by atoms with E-state index in [1.54, 1.807) is 17.5 Å². The van der Waals surface area contributed by atoms with Gasteiger partial charge in [0.1, 0.15) is 17.8 Å². The molecule has 1 fully saturated rings. The van der Waals surface area contributed by atoms with E-state index in [0.29, 0.717) is 18.0 Å². The highest BCUT2D eigenvalue weighted by molar-refractivity contribution is 7.14. The van der Waals surface area contributed by atoms with Gasteiger partial charge in [-0.3, -0.25) is 9.78 Å². The first kappa shape index (κ1) is 19.4. The number of nitrogen functional groups attached to an aromatic ring is 1. The number of nitrogens with two attached hydrogens (primary N) is 1. The number of hydrogen-bond donors (Lipinski definition) is 1. The topological polar surface area (TPSA) is 103 Å². The predicted molar refractivity (Wildman–Crippen MR) is 121 cm³/mol. The van der Waals surface area contributed by atoms with Crippen molar-refractivity contribution in [1.82, 2.24) is 29.6 Å². The van der Waals surface area contributed by atoms with Gasteiger partial charge < -0.3 is 10.6 Å². The second kappa shape index (κ2) is 7.92. The van der Waals surface area contributed by atoms with Gasteiger partial charge in [0.25, 0.3) is 0 Å². The third kappa shape index (κ3) is 3.46. The fourth-order valence-electron chi connectivity index (χ4n) is 4.03. The molecule has 8 nitrogen and oxygen atoms in total. The van der Waals surface area contributed by atoms with Gasteiger partial charge in [-0.15, -0.1) is 11.3 Å². The van der Waals surface area contributed by atoms with Gasteiger partial charge in [-0.25, -0.2) is 14.6 Å². The van der Waals surface area contributed by atoms with Gasteiger partial charge in [-0.05, 0) is 37.1 Å². The Hall–Kier alpha value is -3.59. The van der Waals surface area contributed by atoms with Crippen LogP contribution in [0.4, 0.5) is 5.82 Å². The zero-order chi connectivity index (χ0) is 21.4. The molecule has 1 amide bonds. The summed E-state index contributed by atoms with van der Waals surface area (Å²) in [5, 5.41) is 7.73. The van der Waals surface area contributed by atoms with Crippen LogP contribution in [0.25, 0.3) is 32.9 Å². The van der Waals surface area contributed by atoms with Crippen molar-refractivity contribution in [3.05, 3.63) is 54.8 Å². The Morgan fingerprint density at radius 3 is 3.00 bits per heavy atom. The van der Waals surface area contributed by atoms with Crippen molar-refractivity contribution in [3.63, 3.8) is 0 Å². The van der Waals surface area contributed by atoms with Crippen LogP contribution in [0, 0.1) is 0 Å². The number of carbonyl (C=O) groups excluding carboxylic acids is 1. The molecule has 0 bridgehead atoms. The number of piperidine rings is 1. The number of carbonyl (C=O) groups is 1. The quantitative estimate of drug-likeness (QED) is 0.496. The van der Waals surface area contributed by atoms with Gasteiger partial charge in [0.15, 0.2) is 5.65 Å². The first-order valence-electron chi connectivity index (χ1n) is 10.1. The molecule has 4 aromatic rings. The molecule has 0 saturated carbocycles. The van der Waals surface area contributed by atoms with Crippen LogP contribution >= 0.6 is 11.3 Å². The number of thiophene rings is 1.